The molecule has 3 unspecified atom stereocenters. The number of hydrogen-bond acceptors (Lipinski definition) is 5. The average Bonchev–Trinajstić information content (AvgIpc) is 3.29. The number of aliphatic hydroxyl groups is 2. The molecular weight excluding hydrogens is 791 g/mol. The summed E-state index contributed by atoms with van der Waals surface area (Å²) >= 11 is 0. The van der Waals surface area contributed by atoms with Crippen molar-refractivity contribution in [3.8, 4) is 0 Å². The van der Waals surface area contributed by atoms with Gasteiger partial charge in [0.15, 0.2) is 0 Å². The van der Waals surface area contributed by atoms with Gasteiger partial charge < -0.3 is 20.3 Å². The summed E-state index contributed by atoms with van der Waals surface area (Å²) in [6.07, 6.45) is 64.3. The van der Waals surface area contributed by atoms with E-state index in [0.29, 0.717) is 19.3 Å². The molecule has 0 bridgehead atoms. The minimum absolute atomic E-state index is 0.0504. The standard InChI is InChI=1S/C58H105NO5/c1-4-7-10-13-16-19-22-24-26-28-29-30-32-34-36-39-42-45-48-51-58(63)64-54(49-46-43-40-37-35-33-31-27-25-23-20-17-14-11-8-5-2)52-57(62)59-55(53-60)56(61)50-47-44-41-38-21-18-15-12-9-6-3/h11,14,17,20,23,25,27,31,33,35,54-56,60-61H,4-10,12-13,15-16,18-19,21-22,24,26,28-30,32,34,36-53H2,1-3H3,(H,59,62)/b14-11+,20-17+,25-23+,31-27+,35-33+. The van der Waals surface area contributed by atoms with Crippen molar-refractivity contribution in [3.63, 3.8) is 0 Å². The molecule has 0 aliphatic carbocycles. The van der Waals surface area contributed by atoms with Gasteiger partial charge in [0.2, 0.25) is 5.91 Å². The highest BCUT2D eigenvalue weighted by atomic mass is 16.5. The minimum Gasteiger partial charge on any atom is -0.462 e. The first-order chi connectivity index (χ1) is 31.5. The van der Waals surface area contributed by atoms with E-state index < -0.39 is 18.2 Å². The number of carbonyl (C=O) groups excluding carboxylic acids is 2. The maximum absolute atomic E-state index is 13.2. The van der Waals surface area contributed by atoms with E-state index in [-0.39, 0.29) is 24.9 Å². The van der Waals surface area contributed by atoms with Gasteiger partial charge in [-0.3, -0.25) is 9.59 Å². The molecule has 3 atom stereocenters. The molecule has 0 spiro atoms. The molecule has 0 aromatic rings. The van der Waals surface area contributed by atoms with E-state index in [9.17, 15) is 19.8 Å². The molecule has 0 fully saturated rings. The fourth-order valence-electron chi connectivity index (χ4n) is 8.29. The maximum Gasteiger partial charge on any atom is 0.306 e. The van der Waals surface area contributed by atoms with Crippen molar-refractivity contribution in [2.75, 3.05) is 6.61 Å². The predicted molar refractivity (Wildman–Crippen MR) is 278 cm³/mol. The number of aliphatic hydroxyl groups excluding tert-OH is 2. The third-order valence-electron chi connectivity index (χ3n) is 12.5. The monoisotopic (exact) mass is 896 g/mol. The minimum atomic E-state index is -0.799. The Labute approximate surface area is 397 Å². The van der Waals surface area contributed by atoms with E-state index in [1.54, 1.807) is 0 Å². The molecule has 0 heterocycles. The Hall–Kier alpha value is -2.44. The van der Waals surface area contributed by atoms with Crippen LogP contribution in [0.15, 0.2) is 60.8 Å². The molecule has 64 heavy (non-hydrogen) atoms. The number of unbranched alkanes of at least 4 members (excludes halogenated alkanes) is 31. The summed E-state index contributed by atoms with van der Waals surface area (Å²) in [4.78, 5) is 26.2. The summed E-state index contributed by atoms with van der Waals surface area (Å²) in [6, 6.07) is -0.715. The molecule has 0 aromatic carbocycles. The summed E-state index contributed by atoms with van der Waals surface area (Å²) in [5.74, 6) is -0.508. The van der Waals surface area contributed by atoms with Crippen LogP contribution in [0.1, 0.15) is 271 Å². The summed E-state index contributed by atoms with van der Waals surface area (Å²) < 4.78 is 5.93. The van der Waals surface area contributed by atoms with Crippen LogP contribution in [0.25, 0.3) is 0 Å². The maximum atomic E-state index is 13.2. The van der Waals surface area contributed by atoms with Crippen LogP contribution in [0.3, 0.4) is 0 Å². The lowest BCUT2D eigenvalue weighted by Crippen LogP contribution is -2.46. The van der Waals surface area contributed by atoms with Crippen LogP contribution >= 0.6 is 0 Å². The fourth-order valence-corrected chi connectivity index (χ4v) is 8.29. The van der Waals surface area contributed by atoms with Crippen molar-refractivity contribution in [1.29, 1.82) is 0 Å². The van der Waals surface area contributed by atoms with Gasteiger partial charge >= 0.3 is 5.97 Å². The molecule has 372 valence electrons. The zero-order valence-electron chi connectivity index (χ0n) is 42.4. The Morgan fingerprint density at radius 3 is 1.27 bits per heavy atom. The summed E-state index contributed by atoms with van der Waals surface area (Å²) in [7, 11) is 0. The van der Waals surface area contributed by atoms with Gasteiger partial charge in [0.05, 0.1) is 25.2 Å². The molecule has 0 radical (unpaired) electrons. The first-order valence-corrected chi connectivity index (χ1v) is 27.6. The van der Waals surface area contributed by atoms with E-state index >= 15 is 0 Å². The van der Waals surface area contributed by atoms with E-state index in [4.69, 9.17) is 4.74 Å². The van der Waals surface area contributed by atoms with Crippen molar-refractivity contribution < 1.29 is 24.5 Å². The Kier molecular flexibility index (Phi) is 49.6. The second-order valence-electron chi connectivity index (χ2n) is 18.8. The topological polar surface area (TPSA) is 95.9 Å². The van der Waals surface area contributed by atoms with Crippen molar-refractivity contribution >= 4 is 11.9 Å². The van der Waals surface area contributed by atoms with Crippen LogP contribution in [0.4, 0.5) is 0 Å². The van der Waals surface area contributed by atoms with Gasteiger partial charge in [-0.25, -0.2) is 0 Å². The van der Waals surface area contributed by atoms with Gasteiger partial charge in [-0.1, -0.05) is 274 Å². The highest BCUT2D eigenvalue weighted by Gasteiger charge is 2.24. The van der Waals surface area contributed by atoms with Crippen LogP contribution in [-0.2, 0) is 14.3 Å². The van der Waals surface area contributed by atoms with Crippen molar-refractivity contribution in [1.82, 2.24) is 5.32 Å². The lowest BCUT2D eigenvalue weighted by Gasteiger charge is -2.24. The van der Waals surface area contributed by atoms with Crippen LogP contribution < -0.4 is 5.32 Å². The number of rotatable bonds is 49. The molecule has 6 heteroatoms. The van der Waals surface area contributed by atoms with Gasteiger partial charge in [-0.15, -0.1) is 0 Å². The Bertz CT molecular complexity index is 1140. The van der Waals surface area contributed by atoms with Crippen molar-refractivity contribution in [2.24, 2.45) is 0 Å². The molecule has 3 N–H and O–H groups in total. The second kappa shape index (κ2) is 51.5. The highest BCUT2D eigenvalue weighted by molar-refractivity contribution is 5.77. The number of nitrogens with one attached hydrogen (secondary N) is 1. The lowest BCUT2D eigenvalue weighted by atomic mass is 10.0. The second-order valence-corrected chi connectivity index (χ2v) is 18.8. The van der Waals surface area contributed by atoms with Gasteiger partial charge in [0.25, 0.3) is 0 Å². The summed E-state index contributed by atoms with van der Waals surface area (Å²) in [5, 5.41) is 23.7. The zero-order valence-corrected chi connectivity index (χ0v) is 42.4. The smallest absolute Gasteiger partial charge is 0.306 e. The Morgan fingerprint density at radius 1 is 0.453 bits per heavy atom. The summed E-state index contributed by atoms with van der Waals surface area (Å²) in [6.45, 7) is 6.39. The first-order valence-electron chi connectivity index (χ1n) is 27.6. The van der Waals surface area contributed by atoms with Gasteiger partial charge in [0.1, 0.15) is 6.10 Å². The van der Waals surface area contributed by atoms with Crippen LogP contribution in [0, 0.1) is 0 Å². The number of allylic oxidation sites excluding steroid dienone is 10. The SMILES string of the molecule is CCC/C=C/C=C/C=C/C=C/C=C/CCCCCC(CC(=O)NC(CO)C(O)CCCCCCCCCCCC)OC(=O)CCCCCCCCCCCCCCCCCCCCC. The van der Waals surface area contributed by atoms with Crippen LogP contribution in [0.2, 0.25) is 0 Å². The van der Waals surface area contributed by atoms with E-state index in [2.05, 4.69) is 50.4 Å². The third kappa shape index (κ3) is 46.1. The number of esters is 1. The Balaban J connectivity index is 4.59. The van der Waals surface area contributed by atoms with Crippen LogP contribution in [-0.4, -0.2) is 46.9 Å². The molecule has 6 nitrogen and oxygen atoms in total. The van der Waals surface area contributed by atoms with Crippen molar-refractivity contribution in [3.05, 3.63) is 60.8 Å². The Morgan fingerprint density at radius 2 is 0.828 bits per heavy atom. The van der Waals surface area contributed by atoms with E-state index in [0.717, 1.165) is 70.6 Å². The first kappa shape index (κ1) is 61.6. The number of hydrogen-bond donors (Lipinski definition) is 3. The molecule has 0 aliphatic heterocycles. The molecule has 0 aliphatic rings. The number of ether oxygens (including phenoxy) is 1. The normalized spacial score (nSPS) is 13.6. The molecule has 0 saturated carbocycles. The molecular formula is C58H105NO5. The van der Waals surface area contributed by atoms with Crippen molar-refractivity contribution in [2.45, 2.75) is 289 Å². The highest BCUT2D eigenvalue weighted by Crippen LogP contribution is 2.18. The van der Waals surface area contributed by atoms with Gasteiger partial charge in [-0.05, 0) is 44.9 Å². The fraction of sp³-hybridized carbons (Fsp3) is 0.793. The average molecular weight is 896 g/mol. The largest absolute Gasteiger partial charge is 0.462 e. The molecule has 0 saturated heterocycles. The summed E-state index contributed by atoms with van der Waals surface area (Å²) in [5.41, 5.74) is 0. The van der Waals surface area contributed by atoms with E-state index in [1.807, 2.05) is 36.5 Å². The third-order valence-corrected chi connectivity index (χ3v) is 12.5. The zero-order chi connectivity index (χ0) is 46.7. The molecule has 0 aromatic heterocycles. The lowest BCUT2D eigenvalue weighted by molar-refractivity contribution is -0.151. The molecule has 1 amide bonds. The van der Waals surface area contributed by atoms with Gasteiger partial charge in [-0.2, -0.15) is 0 Å². The molecule has 0 rings (SSSR count). The van der Waals surface area contributed by atoms with Gasteiger partial charge in [0, 0.05) is 6.42 Å². The van der Waals surface area contributed by atoms with E-state index in [1.165, 1.54) is 154 Å². The predicted octanol–water partition coefficient (Wildman–Crippen LogP) is 16.8. The number of carbonyl (C=O) groups is 2. The quantitative estimate of drug-likeness (QED) is 0.0321. The van der Waals surface area contributed by atoms with Crippen LogP contribution in [0.5, 0.6) is 0 Å². The number of amides is 1.